The van der Waals surface area contributed by atoms with Crippen molar-refractivity contribution in [2.24, 2.45) is 12.5 Å². The van der Waals surface area contributed by atoms with E-state index in [2.05, 4.69) is 60.0 Å². The molecule has 3 aliphatic rings. The lowest BCUT2D eigenvalue weighted by Gasteiger charge is -2.43. The van der Waals surface area contributed by atoms with Gasteiger partial charge in [-0.2, -0.15) is 5.26 Å². The summed E-state index contributed by atoms with van der Waals surface area (Å²) in [5.41, 5.74) is 8.71. The predicted octanol–water partition coefficient (Wildman–Crippen LogP) is 7.33. The Hall–Kier alpha value is -4.39. The topological polar surface area (TPSA) is 91.0 Å². The van der Waals surface area contributed by atoms with E-state index in [0.29, 0.717) is 13.1 Å². The fraction of sp³-hybridized carbons (Fsp3) is 0.523. The second kappa shape index (κ2) is 16.3. The Bertz CT molecular complexity index is 1930. The maximum atomic E-state index is 13.3. The lowest BCUT2D eigenvalue weighted by Crippen LogP contribution is -2.54. The minimum absolute atomic E-state index is 0.0146. The molecule has 6 rings (SSSR count). The Morgan fingerprint density at radius 3 is 2.25 bits per heavy atom. The third kappa shape index (κ3) is 8.71. The lowest BCUT2D eigenvalue weighted by molar-refractivity contribution is -0.127. The highest BCUT2D eigenvalue weighted by Gasteiger charge is 2.51. The number of nitrogens with zero attached hydrogens (tertiary/aromatic N) is 5. The first-order valence-corrected chi connectivity index (χ1v) is 19.1. The molecule has 1 amide bonds. The van der Waals surface area contributed by atoms with Gasteiger partial charge in [0.05, 0.1) is 19.8 Å². The zero-order valence-corrected chi connectivity index (χ0v) is 33.7. The molecule has 1 saturated heterocycles. The van der Waals surface area contributed by atoms with E-state index in [1.165, 1.54) is 23.1 Å². The molecule has 53 heavy (non-hydrogen) atoms. The fourth-order valence-electron chi connectivity index (χ4n) is 7.84. The summed E-state index contributed by atoms with van der Waals surface area (Å²) < 4.78 is 13.6. The number of allylic oxidation sites excluding steroid dienone is 1. The van der Waals surface area contributed by atoms with E-state index in [1.54, 1.807) is 31.9 Å². The molecule has 0 bridgehead atoms. The molecule has 9 heteroatoms. The summed E-state index contributed by atoms with van der Waals surface area (Å²) in [5.74, 6) is 1.41. The highest BCUT2D eigenvalue weighted by Crippen LogP contribution is 2.47. The van der Waals surface area contributed by atoms with Gasteiger partial charge < -0.3 is 18.9 Å². The van der Waals surface area contributed by atoms with Crippen molar-refractivity contribution in [1.29, 1.82) is 5.26 Å². The smallest absolute Gasteiger partial charge is 0.264 e. The van der Waals surface area contributed by atoms with E-state index in [-0.39, 0.29) is 28.0 Å². The van der Waals surface area contributed by atoms with E-state index < -0.39 is 0 Å². The first kappa shape index (κ1) is 39.8. The number of methoxy groups -OCH3 is 2. The van der Waals surface area contributed by atoms with Crippen molar-refractivity contribution in [3.63, 3.8) is 0 Å². The number of rotatable bonds is 8. The molecule has 9 nitrogen and oxygen atoms in total. The van der Waals surface area contributed by atoms with Crippen LogP contribution in [0.4, 0.5) is 0 Å². The van der Waals surface area contributed by atoms with Crippen molar-refractivity contribution in [3.05, 3.63) is 91.9 Å². The van der Waals surface area contributed by atoms with E-state index in [1.807, 2.05) is 45.7 Å². The third-order valence-electron chi connectivity index (χ3n) is 10.9. The van der Waals surface area contributed by atoms with Gasteiger partial charge in [-0.25, -0.2) is 0 Å². The monoisotopic (exact) mass is 721 g/mol. The normalized spacial score (nSPS) is 17.1. The molecule has 2 fully saturated rings. The van der Waals surface area contributed by atoms with E-state index in [0.717, 1.165) is 91.3 Å². The van der Waals surface area contributed by atoms with Gasteiger partial charge in [-0.1, -0.05) is 65.3 Å². The van der Waals surface area contributed by atoms with Gasteiger partial charge in [0, 0.05) is 75.7 Å². The van der Waals surface area contributed by atoms with Crippen molar-refractivity contribution in [2.45, 2.75) is 99.3 Å². The largest absolute Gasteiger partial charge is 0.496 e. The number of ether oxygens (including phenoxy) is 2. The standard InChI is InChI=1S/C41H51N5O4.C3H8/c1-27-28(2)38(47)43(6)24-34(27)31-18-36(49-7)35(37(19-31)50-8)25-46-17-16-44(26-41(46)13-14-41)22-29-10-9-11-30-23-45(15-12-33(29)30)39(48)32(21-42)20-40(3,4)5;1-3-2/h9-11,18-20,24H,12-17,22-23,25-26H2,1-8H3;3H2,1-2H3/b32-20+;. The summed E-state index contributed by atoms with van der Waals surface area (Å²) in [6.45, 7) is 19.8. The molecule has 1 aromatic heterocycles. The quantitative estimate of drug-likeness (QED) is 0.178. The van der Waals surface area contributed by atoms with E-state index in [4.69, 9.17) is 9.47 Å². The Balaban J connectivity index is 0.00000175. The van der Waals surface area contributed by atoms with Crippen LogP contribution < -0.4 is 15.0 Å². The number of carbonyl (C=O) groups is 1. The van der Waals surface area contributed by atoms with Crippen molar-refractivity contribution in [1.82, 2.24) is 19.3 Å². The van der Waals surface area contributed by atoms with Gasteiger partial charge in [0.15, 0.2) is 0 Å². The predicted molar refractivity (Wildman–Crippen MR) is 212 cm³/mol. The number of fused-ring (bicyclic) bond motifs is 1. The van der Waals surface area contributed by atoms with E-state index in [9.17, 15) is 14.9 Å². The van der Waals surface area contributed by atoms with Gasteiger partial charge in [-0.15, -0.1) is 0 Å². The van der Waals surface area contributed by atoms with Gasteiger partial charge >= 0.3 is 0 Å². The molecule has 3 aromatic rings. The molecule has 0 N–H and O–H groups in total. The number of hydrogen-bond acceptors (Lipinski definition) is 7. The zero-order valence-electron chi connectivity index (χ0n) is 33.7. The first-order chi connectivity index (χ1) is 25.2. The average molecular weight is 722 g/mol. The number of piperazine rings is 1. The number of carbonyl (C=O) groups excluding carboxylic acids is 1. The number of benzene rings is 2. The summed E-state index contributed by atoms with van der Waals surface area (Å²) in [7, 11) is 5.22. The van der Waals surface area contributed by atoms with Crippen LogP contribution >= 0.6 is 0 Å². The SMILES string of the molecule is CCC.COc1cc(-c2cn(C)c(=O)c(C)c2C)cc(OC)c1CN1CCN(Cc2cccc3c2CCN(C(=O)/C(C#N)=C/C(C)(C)C)C3)CC12CC2. The summed E-state index contributed by atoms with van der Waals surface area (Å²) in [5, 5.41) is 9.70. The van der Waals surface area contributed by atoms with Crippen LogP contribution in [0, 0.1) is 30.6 Å². The summed E-state index contributed by atoms with van der Waals surface area (Å²) >= 11 is 0. The molecule has 1 aliphatic carbocycles. The van der Waals surface area contributed by atoms with Crippen LogP contribution in [0.25, 0.3) is 11.1 Å². The molecular weight excluding hydrogens is 663 g/mol. The minimum atomic E-state index is -0.239. The maximum absolute atomic E-state index is 13.3. The van der Waals surface area contributed by atoms with Gasteiger partial charge in [0.25, 0.3) is 11.5 Å². The average Bonchev–Trinajstić information content (AvgIpc) is 3.91. The first-order valence-electron chi connectivity index (χ1n) is 19.1. The summed E-state index contributed by atoms with van der Waals surface area (Å²) in [6, 6.07) is 12.8. The molecule has 3 heterocycles. The second-order valence-electron chi connectivity index (χ2n) is 16.2. The molecule has 284 valence electrons. The van der Waals surface area contributed by atoms with Crippen molar-refractivity contribution < 1.29 is 14.3 Å². The molecule has 1 saturated carbocycles. The molecule has 0 atom stereocenters. The molecule has 2 aromatic carbocycles. The van der Waals surface area contributed by atoms with Crippen LogP contribution in [0.15, 0.2) is 53.0 Å². The number of hydrogen-bond donors (Lipinski definition) is 0. The molecule has 0 radical (unpaired) electrons. The van der Waals surface area contributed by atoms with Gasteiger partial charge in [0.2, 0.25) is 0 Å². The molecular formula is C44H59N5O4. The highest BCUT2D eigenvalue weighted by atomic mass is 16.5. The number of aryl methyl sites for hydroxylation is 1. The van der Waals surface area contributed by atoms with Crippen molar-refractivity contribution in [3.8, 4) is 28.7 Å². The van der Waals surface area contributed by atoms with Crippen LogP contribution in [0.5, 0.6) is 11.5 Å². The van der Waals surface area contributed by atoms with Crippen LogP contribution in [-0.2, 0) is 37.9 Å². The maximum Gasteiger partial charge on any atom is 0.264 e. The minimum Gasteiger partial charge on any atom is -0.496 e. The number of aromatic nitrogens is 1. The molecule has 1 spiro atoms. The number of nitriles is 1. The van der Waals surface area contributed by atoms with Crippen LogP contribution in [0.2, 0.25) is 0 Å². The van der Waals surface area contributed by atoms with Crippen LogP contribution in [-0.4, -0.2) is 71.1 Å². The Morgan fingerprint density at radius 2 is 1.66 bits per heavy atom. The van der Waals surface area contributed by atoms with Gasteiger partial charge in [-0.3, -0.25) is 19.4 Å². The summed E-state index contributed by atoms with van der Waals surface area (Å²) in [6.07, 6.45) is 8.05. The van der Waals surface area contributed by atoms with Crippen LogP contribution in [0.3, 0.4) is 0 Å². The van der Waals surface area contributed by atoms with Gasteiger partial charge in [0.1, 0.15) is 23.1 Å². The van der Waals surface area contributed by atoms with Crippen molar-refractivity contribution in [2.75, 3.05) is 40.4 Å². The van der Waals surface area contributed by atoms with Crippen LogP contribution in [0.1, 0.15) is 87.3 Å². The van der Waals surface area contributed by atoms with Gasteiger partial charge in [-0.05, 0) is 78.5 Å². The van der Waals surface area contributed by atoms with Crippen molar-refractivity contribution >= 4 is 5.91 Å². The lowest BCUT2D eigenvalue weighted by atomic mass is 9.91. The Morgan fingerprint density at radius 1 is 1.00 bits per heavy atom. The molecule has 2 aliphatic heterocycles. The number of amides is 1. The Labute approximate surface area is 316 Å². The molecule has 0 unspecified atom stereocenters. The Kier molecular flexibility index (Phi) is 12.3. The van der Waals surface area contributed by atoms with E-state index >= 15 is 0 Å². The number of pyridine rings is 1. The highest BCUT2D eigenvalue weighted by molar-refractivity contribution is 5.97. The zero-order chi connectivity index (χ0) is 38.7. The third-order valence-corrected chi connectivity index (χ3v) is 10.9. The fourth-order valence-corrected chi connectivity index (χ4v) is 7.84. The second-order valence-corrected chi connectivity index (χ2v) is 16.2. The summed E-state index contributed by atoms with van der Waals surface area (Å²) in [4.78, 5) is 32.8.